The first-order valence-corrected chi connectivity index (χ1v) is 0. The molecular formula is H2CaFeO2. The number of rotatable bonds is 0. The van der Waals surface area contributed by atoms with Crippen LogP contribution in [0, 0.1) is 0 Å². The first kappa shape index (κ1) is 43.6. The van der Waals surface area contributed by atoms with Gasteiger partial charge >= 0.3 is 37.7 Å². The van der Waals surface area contributed by atoms with Crippen molar-refractivity contribution in [2.45, 2.75) is 0 Å². The van der Waals surface area contributed by atoms with Gasteiger partial charge in [-0.15, -0.1) is 0 Å². The van der Waals surface area contributed by atoms with Crippen molar-refractivity contribution in [2.75, 3.05) is 0 Å². The van der Waals surface area contributed by atoms with Crippen LogP contribution >= 0.6 is 0 Å². The summed E-state index contributed by atoms with van der Waals surface area (Å²) < 4.78 is 0. The Morgan fingerprint density at radius 3 is 0.750 bits per heavy atom. The summed E-state index contributed by atoms with van der Waals surface area (Å²) in [6, 6.07) is 0. The summed E-state index contributed by atoms with van der Waals surface area (Å²) >= 11 is 0. The molecule has 4 heavy (non-hydrogen) atoms. The van der Waals surface area contributed by atoms with Gasteiger partial charge in [-0.2, -0.15) is 0 Å². The van der Waals surface area contributed by atoms with Gasteiger partial charge in [-0.05, 0) is 0 Å². The maximum absolute atomic E-state index is 0. The first-order chi connectivity index (χ1) is 0. The average molecular weight is 130 g/mol. The van der Waals surface area contributed by atoms with Crippen molar-refractivity contribution in [3.05, 3.63) is 0 Å². The van der Waals surface area contributed by atoms with Crippen LogP contribution in [0.4, 0.5) is 0 Å². The quantitative estimate of drug-likeness (QED) is 0.405. The van der Waals surface area contributed by atoms with Crippen LogP contribution in [0.2, 0.25) is 0 Å². The molecule has 4 heteroatoms. The molecule has 0 rings (SSSR count). The van der Waals surface area contributed by atoms with Crippen LogP contribution in [0.15, 0.2) is 0 Å². The molecule has 2 nitrogen and oxygen atoms in total. The molecule has 0 unspecified atom stereocenters. The van der Waals surface area contributed by atoms with E-state index in [9.17, 15) is 0 Å². The molecule has 0 saturated heterocycles. The summed E-state index contributed by atoms with van der Waals surface area (Å²) in [4.78, 5) is 0. The fourth-order valence-electron chi connectivity index (χ4n) is 0. The van der Waals surface area contributed by atoms with Gasteiger partial charge < -0.3 is 11.0 Å². The maximum Gasteiger partial charge on any atom is 2.00 e. The predicted octanol–water partition coefficient (Wildman–Crippen LogP) is -0.737. The van der Waals surface area contributed by atoms with Gasteiger partial charge in [-0.3, -0.25) is 0 Å². The molecule has 2 N–H and O–H groups in total. The minimum Gasteiger partial charge on any atom is -0.870 e. The largest absolute Gasteiger partial charge is 2.00 e. The Kier molecular flexibility index (Phi) is 243. The third-order valence-electron chi connectivity index (χ3n) is 0. The van der Waals surface area contributed by atoms with Crippen molar-refractivity contribution in [3.8, 4) is 0 Å². The standard InChI is InChI=1S/Ca.Fe.2H2O/h;;2*1H2/q+2;;;/p-2. The topological polar surface area (TPSA) is 60.0 Å². The van der Waals surface area contributed by atoms with Gasteiger partial charge in [0.25, 0.3) is 0 Å². The van der Waals surface area contributed by atoms with E-state index in [1.165, 1.54) is 0 Å². The van der Waals surface area contributed by atoms with Crippen LogP contribution in [-0.4, -0.2) is 48.7 Å². The molecule has 0 spiro atoms. The molecule has 0 aliphatic rings. The Morgan fingerprint density at radius 2 is 0.750 bits per heavy atom. The summed E-state index contributed by atoms with van der Waals surface area (Å²) in [5.41, 5.74) is 0. The maximum atomic E-state index is 0. The monoisotopic (exact) mass is 130 g/mol. The van der Waals surface area contributed by atoms with Gasteiger partial charge in [-0.25, -0.2) is 0 Å². The van der Waals surface area contributed by atoms with E-state index in [4.69, 9.17) is 0 Å². The van der Waals surface area contributed by atoms with Crippen molar-refractivity contribution in [3.63, 3.8) is 0 Å². The fraction of sp³-hybridized carbons (Fsp3) is 0. The van der Waals surface area contributed by atoms with Crippen LogP contribution in [0.3, 0.4) is 0 Å². The molecule has 0 aliphatic carbocycles. The minimum atomic E-state index is 0. The van der Waals surface area contributed by atoms with Crippen molar-refractivity contribution in [1.82, 2.24) is 0 Å². The molecule has 24 valence electrons. The Labute approximate surface area is 65.0 Å². The molecule has 0 aromatic rings. The molecule has 0 aromatic heterocycles. The van der Waals surface area contributed by atoms with E-state index < -0.39 is 0 Å². The molecule has 0 fully saturated rings. The second-order valence-corrected chi connectivity index (χ2v) is 0. The van der Waals surface area contributed by atoms with Gasteiger partial charge in [-0.1, -0.05) is 0 Å². The Hall–Kier alpha value is 1.70. The van der Waals surface area contributed by atoms with Crippen LogP contribution in [0.1, 0.15) is 0 Å². The van der Waals surface area contributed by atoms with Crippen molar-refractivity contribution in [2.24, 2.45) is 0 Å². The molecule has 0 heterocycles. The average Bonchev–Trinajstić information content (AvgIpc) is 0. The van der Waals surface area contributed by atoms with Crippen LogP contribution in [0.25, 0.3) is 0 Å². The Bertz CT molecular complexity index is 6.00. The second kappa shape index (κ2) is 22.3. The van der Waals surface area contributed by atoms with Crippen LogP contribution < -0.4 is 0 Å². The van der Waals surface area contributed by atoms with E-state index in [0.29, 0.717) is 0 Å². The van der Waals surface area contributed by atoms with Gasteiger partial charge in [0.15, 0.2) is 0 Å². The van der Waals surface area contributed by atoms with Crippen LogP contribution in [0.5, 0.6) is 0 Å². The Balaban J connectivity index is 0. The number of hydrogen-bond donors (Lipinski definition) is 0. The fourth-order valence-corrected chi connectivity index (χ4v) is 0. The third kappa shape index (κ3) is 9.33. The van der Waals surface area contributed by atoms with Gasteiger partial charge in [0, 0.05) is 17.1 Å². The summed E-state index contributed by atoms with van der Waals surface area (Å²) in [5.74, 6) is 0. The first-order valence-electron chi connectivity index (χ1n) is 0. The van der Waals surface area contributed by atoms with Crippen molar-refractivity contribution < 1.29 is 28.0 Å². The van der Waals surface area contributed by atoms with E-state index in [-0.39, 0.29) is 65.8 Å². The zero-order chi connectivity index (χ0) is 0. The SMILES string of the molecule is [Ca+2].[Fe].[OH-].[OH-]. The predicted molar refractivity (Wildman–Crippen MR) is 9.63 cm³/mol. The molecule has 0 amide bonds. The normalized spacial score (nSPS) is 0. The smallest absolute Gasteiger partial charge is 0.870 e. The molecule has 0 saturated carbocycles. The number of hydrogen-bond acceptors (Lipinski definition) is 2. The van der Waals surface area contributed by atoms with Gasteiger partial charge in [0.1, 0.15) is 0 Å². The second-order valence-electron chi connectivity index (χ2n) is 0. The zero-order valence-electron chi connectivity index (χ0n) is 1.96. The molecule has 0 radical (unpaired) electrons. The van der Waals surface area contributed by atoms with Crippen molar-refractivity contribution in [1.29, 1.82) is 0 Å². The molecule has 0 atom stereocenters. The van der Waals surface area contributed by atoms with Crippen LogP contribution in [-0.2, 0) is 17.1 Å². The summed E-state index contributed by atoms with van der Waals surface area (Å²) in [6.07, 6.45) is 0. The Morgan fingerprint density at radius 1 is 0.750 bits per heavy atom. The molecule has 0 aromatic carbocycles. The van der Waals surface area contributed by atoms with E-state index in [1.54, 1.807) is 0 Å². The summed E-state index contributed by atoms with van der Waals surface area (Å²) in [7, 11) is 0. The summed E-state index contributed by atoms with van der Waals surface area (Å²) in [5, 5.41) is 0. The van der Waals surface area contributed by atoms with Gasteiger partial charge in [0.2, 0.25) is 0 Å². The van der Waals surface area contributed by atoms with E-state index in [2.05, 4.69) is 0 Å². The van der Waals surface area contributed by atoms with E-state index in [0.717, 1.165) is 0 Å². The molecule has 0 bridgehead atoms. The molecule has 0 aliphatic heterocycles. The van der Waals surface area contributed by atoms with E-state index >= 15 is 0 Å². The van der Waals surface area contributed by atoms with Crippen molar-refractivity contribution >= 4 is 37.7 Å². The zero-order valence-corrected chi connectivity index (χ0v) is 5.27. The molecular weight excluding hydrogens is 128 g/mol. The van der Waals surface area contributed by atoms with Gasteiger partial charge in [0.05, 0.1) is 0 Å². The van der Waals surface area contributed by atoms with E-state index in [1.807, 2.05) is 0 Å². The third-order valence-corrected chi connectivity index (χ3v) is 0. The summed E-state index contributed by atoms with van der Waals surface area (Å²) in [6.45, 7) is 0. The minimum absolute atomic E-state index is 0.